The number of pyridine rings is 1. The van der Waals surface area contributed by atoms with Crippen LogP contribution in [0.25, 0.3) is 10.9 Å². The van der Waals surface area contributed by atoms with Crippen molar-refractivity contribution in [2.75, 3.05) is 18.0 Å². The topological polar surface area (TPSA) is 53.4 Å². The van der Waals surface area contributed by atoms with Gasteiger partial charge in [0.2, 0.25) is 0 Å². The molecule has 4 nitrogen and oxygen atoms in total. The summed E-state index contributed by atoms with van der Waals surface area (Å²) in [5.74, 6) is -0.834. The van der Waals surface area contributed by atoms with Crippen LogP contribution in [0.2, 0.25) is 0 Å². The molecule has 0 radical (unpaired) electrons. The monoisotopic (exact) mass is 284 g/mol. The van der Waals surface area contributed by atoms with Crippen LogP contribution in [-0.4, -0.2) is 29.1 Å². The first-order chi connectivity index (χ1) is 10.2. The van der Waals surface area contributed by atoms with Crippen molar-refractivity contribution in [1.82, 2.24) is 4.98 Å². The number of fused-ring (bicyclic) bond motifs is 1. The second-order valence-corrected chi connectivity index (χ2v) is 5.62. The number of hydrogen-bond donors (Lipinski definition) is 1. The van der Waals surface area contributed by atoms with Gasteiger partial charge in [-0.05, 0) is 25.0 Å². The van der Waals surface area contributed by atoms with E-state index in [-0.39, 0.29) is 6.42 Å². The Balaban J connectivity index is 2.06. The first-order valence-corrected chi connectivity index (χ1v) is 7.59. The molecular formula is C17H20N2O2. The summed E-state index contributed by atoms with van der Waals surface area (Å²) in [4.78, 5) is 17.9. The van der Waals surface area contributed by atoms with Crippen molar-refractivity contribution in [2.45, 2.75) is 32.1 Å². The predicted molar refractivity (Wildman–Crippen MR) is 83.8 cm³/mol. The Bertz CT molecular complexity index is 646. The number of carboxylic acid groups (broad SMARTS) is 1. The summed E-state index contributed by atoms with van der Waals surface area (Å²) in [6.07, 6.45) is 4.94. The van der Waals surface area contributed by atoms with Crippen LogP contribution in [0.1, 0.15) is 31.4 Å². The van der Waals surface area contributed by atoms with E-state index < -0.39 is 5.97 Å². The average Bonchev–Trinajstić information content (AvgIpc) is 2.74. The molecule has 1 aliphatic heterocycles. The minimum absolute atomic E-state index is 0.0221. The lowest BCUT2D eigenvalue weighted by atomic mass is 10.1. The maximum Gasteiger partial charge on any atom is 0.309 e. The van der Waals surface area contributed by atoms with Crippen molar-refractivity contribution in [2.24, 2.45) is 0 Å². The number of benzene rings is 1. The Morgan fingerprint density at radius 2 is 1.86 bits per heavy atom. The van der Waals surface area contributed by atoms with Crippen LogP contribution in [0.3, 0.4) is 0 Å². The third kappa shape index (κ3) is 3.15. The van der Waals surface area contributed by atoms with E-state index in [0.29, 0.717) is 5.69 Å². The fourth-order valence-electron chi connectivity index (χ4n) is 3.03. The molecule has 3 rings (SSSR count). The highest BCUT2D eigenvalue weighted by Gasteiger charge is 2.15. The van der Waals surface area contributed by atoms with Gasteiger partial charge in [0.05, 0.1) is 17.6 Å². The number of carboxylic acids is 1. The lowest BCUT2D eigenvalue weighted by Crippen LogP contribution is -2.24. The summed E-state index contributed by atoms with van der Waals surface area (Å²) in [6, 6.07) is 9.96. The van der Waals surface area contributed by atoms with Crippen LogP contribution >= 0.6 is 0 Å². The molecule has 1 saturated heterocycles. The summed E-state index contributed by atoms with van der Waals surface area (Å²) in [6.45, 7) is 2.08. The minimum atomic E-state index is -0.834. The molecule has 2 aromatic rings. The summed E-state index contributed by atoms with van der Waals surface area (Å²) < 4.78 is 0. The van der Waals surface area contributed by atoms with E-state index in [4.69, 9.17) is 5.11 Å². The first kappa shape index (κ1) is 13.9. The van der Waals surface area contributed by atoms with Gasteiger partial charge in [0, 0.05) is 24.2 Å². The van der Waals surface area contributed by atoms with Crippen LogP contribution in [-0.2, 0) is 11.2 Å². The van der Waals surface area contributed by atoms with Crippen LogP contribution in [0, 0.1) is 0 Å². The first-order valence-electron chi connectivity index (χ1n) is 7.59. The normalized spacial score (nSPS) is 15.9. The van der Waals surface area contributed by atoms with Crippen molar-refractivity contribution in [3.05, 3.63) is 36.0 Å². The third-order valence-corrected chi connectivity index (χ3v) is 4.03. The lowest BCUT2D eigenvalue weighted by Gasteiger charge is -2.24. The van der Waals surface area contributed by atoms with Gasteiger partial charge in [-0.3, -0.25) is 9.78 Å². The minimum Gasteiger partial charge on any atom is -0.481 e. The molecule has 1 aromatic carbocycles. The number of aliphatic carboxylic acids is 1. The molecule has 0 spiro atoms. The highest BCUT2D eigenvalue weighted by molar-refractivity contribution is 5.92. The van der Waals surface area contributed by atoms with Crippen molar-refractivity contribution in [3.63, 3.8) is 0 Å². The lowest BCUT2D eigenvalue weighted by molar-refractivity contribution is -0.136. The second kappa shape index (κ2) is 6.12. The molecular weight excluding hydrogens is 264 g/mol. The summed E-state index contributed by atoms with van der Waals surface area (Å²) >= 11 is 0. The van der Waals surface area contributed by atoms with Gasteiger partial charge in [-0.15, -0.1) is 0 Å². The van der Waals surface area contributed by atoms with Crippen LogP contribution in [0.4, 0.5) is 5.69 Å². The van der Waals surface area contributed by atoms with Gasteiger partial charge in [0.25, 0.3) is 0 Å². The molecule has 0 unspecified atom stereocenters. The number of hydrogen-bond acceptors (Lipinski definition) is 3. The van der Waals surface area contributed by atoms with Gasteiger partial charge >= 0.3 is 5.97 Å². The van der Waals surface area contributed by atoms with Gasteiger partial charge in [-0.25, -0.2) is 0 Å². The molecule has 0 atom stereocenters. The van der Waals surface area contributed by atoms with Gasteiger partial charge in [0.15, 0.2) is 0 Å². The van der Waals surface area contributed by atoms with Crippen LogP contribution < -0.4 is 4.90 Å². The van der Waals surface area contributed by atoms with E-state index in [1.54, 1.807) is 0 Å². The highest BCUT2D eigenvalue weighted by Crippen LogP contribution is 2.29. The molecule has 2 heterocycles. The van der Waals surface area contributed by atoms with Gasteiger partial charge in [-0.1, -0.05) is 31.0 Å². The molecule has 4 heteroatoms. The largest absolute Gasteiger partial charge is 0.481 e. The molecule has 0 amide bonds. The average molecular weight is 284 g/mol. The Labute approximate surface area is 124 Å². The molecule has 0 aliphatic carbocycles. The Kier molecular flexibility index (Phi) is 4.04. The molecule has 0 saturated carbocycles. The van der Waals surface area contributed by atoms with Crippen molar-refractivity contribution in [1.29, 1.82) is 0 Å². The third-order valence-electron chi connectivity index (χ3n) is 4.03. The van der Waals surface area contributed by atoms with Crippen molar-refractivity contribution < 1.29 is 9.90 Å². The smallest absolute Gasteiger partial charge is 0.309 e. The number of para-hydroxylation sites is 1. The van der Waals surface area contributed by atoms with E-state index in [9.17, 15) is 4.79 Å². The molecule has 21 heavy (non-hydrogen) atoms. The van der Waals surface area contributed by atoms with E-state index in [2.05, 4.69) is 16.0 Å². The molecule has 0 bridgehead atoms. The number of carbonyl (C=O) groups is 1. The van der Waals surface area contributed by atoms with Crippen LogP contribution in [0.15, 0.2) is 30.3 Å². The standard InChI is InChI=1S/C17H20N2O2/c20-17(21)12-13-11-16(19-9-5-1-2-6-10-19)14-7-3-4-8-15(14)18-13/h3-4,7-8,11H,1-2,5-6,9-10,12H2,(H,20,21). The zero-order valence-corrected chi connectivity index (χ0v) is 12.1. The number of nitrogens with zero attached hydrogens (tertiary/aromatic N) is 2. The van der Waals surface area contributed by atoms with E-state index >= 15 is 0 Å². The SMILES string of the molecule is O=C(O)Cc1cc(N2CCCCCC2)c2ccccc2n1. The predicted octanol–water partition coefficient (Wildman–Crippen LogP) is 3.24. The Hall–Kier alpha value is -2.10. The molecule has 1 N–H and O–H groups in total. The molecule has 1 aliphatic rings. The summed E-state index contributed by atoms with van der Waals surface area (Å²) in [5.41, 5.74) is 2.66. The quantitative estimate of drug-likeness (QED) is 0.940. The maximum atomic E-state index is 11.0. The summed E-state index contributed by atoms with van der Waals surface area (Å²) in [5, 5.41) is 10.2. The number of anilines is 1. The zero-order chi connectivity index (χ0) is 14.7. The molecule has 110 valence electrons. The maximum absolute atomic E-state index is 11.0. The molecule has 1 fully saturated rings. The Morgan fingerprint density at radius 1 is 1.14 bits per heavy atom. The second-order valence-electron chi connectivity index (χ2n) is 5.62. The van der Waals surface area contributed by atoms with E-state index in [0.717, 1.165) is 29.7 Å². The fourth-order valence-corrected chi connectivity index (χ4v) is 3.03. The van der Waals surface area contributed by atoms with Crippen molar-refractivity contribution in [3.8, 4) is 0 Å². The number of rotatable bonds is 3. The van der Waals surface area contributed by atoms with E-state index in [1.807, 2.05) is 24.3 Å². The van der Waals surface area contributed by atoms with Gasteiger partial charge in [-0.2, -0.15) is 0 Å². The molecule has 1 aromatic heterocycles. The van der Waals surface area contributed by atoms with Gasteiger partial charge in [0.1, 0.15) is 0 Å². The Morgan fingerprint density at radius 3 is 2.57 bits per heavy atom. The van der Waals surface area contributed by atoms with E-state index in [1.165, 1.54) is 25.7 Å². The zero-order valence-electron chi connectivity index (χ0n) is 12.1. The van der Waals surface area contributed by atoms with Crippen LogP contribution in [0.5, 0.6) is 0 Å². The summed E-state index contributed by atoms with van der Waals surface area (Å²) in [7, 11) is 0. The highest BCUT2D eigenvalue weighted by atomic mass is 16.4. The number of aromatic nitrogens is 1. The van der Waals surface area contributed by atoms with Crippen molar-refractivity contribution >= 4 is 22.6 Å². The van der Waals surface area contributed by atoms with Gasteiger partial charge < -0.3 is 10.0 Å². The fraction of sp³-hybridized carbons (Fsp3) is 0.412.